The molecule has 3 aromatic rings. The summed E-state index contributed by atoms with van der Waals surface area (Å²) in [6.45, 7) is 7.08. The third-order valence-corrected chi connectivity index (χ3v) is 4.70. The summed E-state index contributed by atoms with van der Waals surface area (Å²) in [4.78, 5) is 15.1. The Morgan fingerprint density at radius 1 is 1.26 bits per heavy atom. The highest BCUT2D eigenvalue weighted by Gasteiger charge is 2.19. The Kier molecular flexibility index (Phi) is 5.46. The maximum absolute atomic E-state index is 13.4. The molecule has 1 atom stereocenters. The average molecular weight is 370 g/mol. The number of aromatic nitrogens is 3. The molecule has 0 fully saturated rings. The van der Waals surface area contributed by atoms with Crippen molar-refractivity contribution in [3.63, 3.8) is 0 Å². The van der Waals surface area contributed by atoms with Crippen molar-refractivity contribution < 1.29 is 4.39 Å². The van der Waals surface area contributed by atoms with E-state index >= 15 is 0 Å². The third kappa shape index (κ3) is 5.04. The largest absolute Gasteiger partial charge is 0.322 e. The maximum atomic E-state index is 13.4. The average Bonchev–Trinajstić information content (AvgIpc) is 3.00. The lowest BCUT2D eigenvalue weighted by atomic mass is 9.88. The smallest absolute Gasteiger partial charge is 0.252 e. The summed E-state index contributed by atoms with van der Waals surface area (Å²) < 4.78 is 15.1. The Hall–Kier alpha value is -2.47. The standard InChI is InChI=1S/C21H27FN4O/c1-21(2,3)9-7-17(18-8-10-26(4)25-18)23-13-15-11-14-5-6-16(22)12-19(14)24-20(15)27/h5-6,8,10-12,17,23H,7,9,13H2,1-4H3,(H,24,27). The molecule has 0 radical (unpaired) electrons. The van der Waals surface area contributed by atoms with Crippen LogP contribution in [-0.2, 0) is 13.6 Å². The number of H-pyrrole nitrogens is 1. The lowest BCUT2D eigenvalue weighted by Crippen LogP contribution is -2.26. The van der Waals surface area contributed by atoms with Gasteiger partial charge in [-0.2, -0.15) is 5.10 Å². The topological polar surface area (TPSA) is 62.7 Å². The second-order valence-corrected chi connectivity index (χ2v) is 8.30. The molecule has 2 N–H and O–H groups in total. The first-order chi connectivity index (χ1) is 12.7. The van der Waals surface area contributed by atoms with Gasteiger partial charge in [0.2, 0.25) is 0 Å². The van der Waals surface area contributed by atoms with Gasteiger partial charge in [-0.1, -0.05) is 20.8 Å². The number of benzene rings is 1. The fraction of sp³-hybridized carbons (Fsp3) is 0.429. The van der Waals surface area contributed by atoms with Crippen LogP contribution in [0.25, 0.3) is 10.9 Å². The number of hydrogen-bond acceptors (Lipinski definition) is 3. The molecule has 1 aromatic carbocycles. The fourth-order valence-corrected chi connectivity index (χ4v) is 3.13. The van der Waals surface area contributed by atoms with Gasteiger partial charge < -0.3 is 10.3 Å². The predicted octanol–water partition coefficient (Wildman–Crippen LogP) is 4.06. The van der Waals surface area contributed by atoms with Gasteiger partial charge in [0.05, 0.1) is 17.3 Å². The van der Waals surface area contributed by atoms with Gasteiger partial charge in [0.25, 0.3) is 5.56 Å². The number of fused-ring (bicyclic) bond motifs is 1. The number of rotatable bonds is 6. The van der Waals surface area contributed by atoms with Crippen LogP contribution in [0.4, 0.5) is 4.39 Å². The normalized spacial score (nSPS) is 13.2. The van der Waals surface area contributed by atoms with Gasteiger partial charge >= 0.3 is 0 Å². The highest BCUT2D eigenvalue weighted by molar-refractivity contribution is 5.78. The SMILES string of the molecule is Cn1ccc(C(CCC(C)(C)C)NCc2cc3ccc(F)cc3[nH]c2=O)n1. The van der Waals surface area contributed by atoms with Crippen molar-refractivity contribution in [1.82, 2.24) is 20.1 Å². The van der Waals surface area contributed by atoms with E-state index in [9.17, 15) is 9.18 Å². The van der Waals surface area contributed by atoms with Crippen molar-refractivity contribution in [2.24, 2.45) is 12.5 Å². The number of aromatic amines is 1. The van der Waals surface area contributed by atoms with Crippen LogP contribution in [0.3, 0.4) is 0 Å². The predicted molar refractivity (Wildman–Crippen MR) is 106 cm³/mol. The van der Waals surface area contributed by atoms with Gasteiger partial charge in [0.1, 0.15) is 5.82 Å². The van der Waals surface area contributed by atoms with Crippen molar-refractivity contribution in [1.29, 1.82) is 0 Å². The van der Waals surface area contributed by atoms with E-state index in [1.54, 1.807) is 10.7 Å². The first-order valence-electron chi connectivity index (χ1n) is 9.26. The van der Waals surface area contributed by atoms with E-state index in [0.29, 0.717) is 17.6 Å². The first kappa shape index (κ1) is 19.3. The molecular formula is C21H27FN4O. The number of aryl methyl sites for hydroxylation is 1. The molecule has 144 valence electrons. The lowest BCUT2D eigenvalue weighted by molar-refractivity contribution is 0.328. The van der Waals surface area contributed by atoms with Gasteiger partial charge in [-0.25, -0.2) is 4.39 Å². The molecule has 0 bridgehead atoms. The Bertz CT molecular complexity index is 984. The summed E-state index contributed by atoms with van der Waals surface area (Å²) in [6, 6.07) is 8.31. The van der Waals surface area contributed by atoms with Crippen LogP contribution in [-0.4, -0.2) is 14.8 Å². The number of halogens is 1. The quantitative estimate of drug-likeness (QED) is 0.688. The summed E-state index contributed by atoms with van der Waals surface area (Å²) in [7, 11) is 1.90. The summed E-state index contributed by atoms with van der Waals surface area (Å²) in [6.07, 6.45) is 3.89. The van der Waals surface area contributed by atoms with Crippen LogP contribution in [0.2, 0.25) is 0 Å². The van der Waals surface area contributed by atoms with Crippen molar-refractivity contribution in [2.45, 2.75) is 46.2 Å². The van der Waals surface area contributed by atoms with Crippen LogP contribution >= 0.6 is 0 Å². The first-order valence-corrected chi connectivity index (χ1v) is 9.26. The summed E-state index contributed by atoms with van der Waals surface area (Å²) >= 11 is 0. The van der Waals surface area contributed by atoms with Crippen molar-refractivity contribution in [3.05, 3.63) is 64.0 Å². The molecule has 0 amide bonds. The number of hydrogen-bond donors (Lipinski definition) is 2. The van der Waals surface area contributed by atoms with E-state index in [1.807, 2.05) is 25.4 Å². The Morgan fingerprint density at radius 2 is 2.04 bits per heavy atom. The molecule has 27 heavy (non-hydrogen) atoms. The van der Waals surface area contributed by atoms with Gasteiger partial charge in [0.15, 0.2) is 0 Å². The van der Waals surface area contributed by atoms with Crippen LogP contribution < -0.4 is 10.9 Å². The molecule has 2 aromatic heterocycles. The minimum absolute atomic E-state index is 0.0636. The zero-order chi connectivity index (χ0) is 19.6. The van der Waals surface area contributed by atoms with E-state index in [1.165, 1.54) is 12.1 Å². The molecule has 0 saturated heterocycles. The number of nitrogens with one attached hydrogen (secondary N) is 2. The highest BCUT2D eigenvalue weighted by Crippen LogP contribution is 2.27. The molecule has 0 aliphatic rings. The van der Waals surface area contributed by atoms with Crippen LogP contribution in [0, 0.1) is 11.2 Å². The number of pyridine rings is 1. The highest BCUT2D eigenvalue weighted by atomic mass is 19.1. The van der Waals surface area contributed by atoms with Gasteiger partial charge in [-0.3, -0.25) is 9.48 Å². The molecule has 6 heteroatoms. The maximum Gasteiger partial charge on any atom is 0.252 e. The van der Waals surface area contributed by atoms with E-state index in [-0.39, 0.29) is 22.8 Å². The monoisotopic (exact) mass is 370 g/mol. The molecule has 0 aliphatic carbocycles. The van der Waals surface area contributed by atoms with Crippen molar-refractivity contribution >= 4 is 10.9 Å². The van der Waals surface area contributed by atoms with Gasteiger partial charge in [0, 0.05) is 25.4 Å². The molecule has 0 spiro atoms. The molecule has 0 aliphatic heterocycles. The molecular weight excluding hydrogens is 343 g/mol. The molecule has 5 nitrogen and oxygen atoms in total. The van der Waals surface area contributed by atoms with E-state index in [2.05, 4.69) is 36.2 Å². The number of nitrogens with zero attached hydrogens (tertiary/aromatic N) is 2. The Balaban J connectivity index is 1.80. The van der Waals surface area contributed by atoms with E-state index in [0.717, 1.165) is 23.9 Å². The summed E-state index contributed by atoms with van der Waals surface area (Å²) in [5.74, 6) is -0.360. The van der Waals surface area contributed by atoms with Crippen LogP contribution in [0.5, 0.6) is 0 Å². The van der Waals surface area contributed by atoms with Crippen molar-refractivity contribution in [2.75, 3.05) is 0 Å². The lowest BCUT2D eigenvalue weighted by Gasteiger charge is -2.23. The second kappa shape index (κ2) is 7.64. The van der Waals surface area contributed by atoms with E-state index < -0.39 is 0 Å². The van der Waals surface area contributed by atoms with Crippen molar-refractivity contribution in [3.8, 4) is 0 Å². The molecule has 2 heterocycles. The van der Waals surface area contributed by atoms with Gasteiger partial charge in [-0.05, 0) is 54.0 Å². The molecule has 3 rings (SSSR count). The van der Waals surface area contributed by atoms with E-state index in [4.69, 9.17) is 0 Å². The zero-order valence-corrected chi connectivity index (χ0v) is 16.3. The third-order valence-electron chi connectivity index (χ3n) is 4.70. The summed E-state index contributed by atoms with van der Waals surface area (Å²) in [5, 5.41) is 8.83. The Morgan fingerprint density at radius 3 is 2.70 bits per heavy atom. The molecule has 1 unspecified atom stereocenters. The zero-order valence-electron chi connectivity index (χ0n) is 16.3. The molecule has 0 saturated carbocycles. The second-order valence-electron chi connectivity index (χ2n) is 8.30. The minimum Gasteiger partial charge on any atom is -0.322 e. The summed E-state index contributed by atoms with van der Waals surface area (Å²) in [5.41, 5.74) is 2.14. The Labute approximate surface area is 158 Å². The minimum atomic E-state index is -0.360. The fourth-order valence-electron chi connectivity index (χ4n) is 3.13. The van der Waals surface area contributed by atoms with Gasteiger partial charge in [-0.15, -0.1) is 0 Å². The van der Waals surface area contributed by atoms with Crippen LogP contribution in [0.1, 0.15) is 50.9 Å². The van der Waals surface area contributed by atoms with Crippen LogP contribution in [0.15, 0.2) is 41.3 Å².